The number of hydrogen-bond donors (Lipinski definition) is 0. The second-order valence-corrected chi connectivity index (χ2v) is 12.6. The molecule has 9 rings (SSSR count). The van der Waals surface area contributed by atoms with Gasteiger partial charge in [0.2, 0.25) is 0 Å². The number of nitrogens with zero attached hydrogens (tertiary/aromatic N) is 5. The molecular formula is C47H31N5. The van der Waals surface area contributed by atoms with Gasteiger partial charge < -0.3 is 0 Å². The predicted molar refractivity (Wildman–Crippen MR) is 211 cm³/mol. The van der Waals surface area contributed by atoms with E-state index in [0.29, 0.717) is 5.82 Å². The van der Waals surface area contributed by atoms with E-state index in [1.54, 1.807) is 0 Å². The molecule has 5 aromatic carbocycles. The molecule has 52 heavy (non-hydrogen) atoms. The molecule has 9 aromatic rings. The van der Waals surface area contributed by atoms with Crippen LogP contribution in [0.4, 0.5) is 0 Å². The summed E-state index contributed by atoms with van der Waals surface area (Å²) in [7, 11) is 0. The largest absolute Gasteiger partial charge is 0.254 e. The Morgan fingerprint density at radius 2 is 0.750 bits per heavy atom. The fourth-order valence-corrected chi connectivity index (χ4v) is 6.43. The maximum absolute atomic E-state index is 5.07. The van der Waals surface area contributed by atoms with Gasteiger partial charge in [0.1, 0.15) is 0 Å². The summed E-state index contributed by atoms with van der Waals surface area (Å²) in [5.41, 5.74) is 12.3. The van der Waals surface area contributed by atoms with Gasteiger partial charge in [0.25, 0.3) is 0 Å². The minimum atomic E-state index is 0.699. The molecule has 0 saturated heterocycles. The van der Waals surface area contributed by atoms with Crippen molar-refractivity contribution in [2.24, 2.45) is 0 Å². The lowest BCUT2D eigenvalue weighted by Crippen LogP contribution is -1.96. The fraction of sp³-hybridized carbons (Fsp3) is 0. The highest BCUT2D eigenvalue weighted by molar-refractivity contribution is 5.86. The van der Waals surface area contributed by atoms with Crippen LogP contribution in [0, 0.1) is 0 Å². The van der Waals surface area contributed by atoms with Crippen molar-refractivity contribution in [2.75, 3.05) is 0 Å². The molecule has 0 fully saturated rings. The molecule has 4 heterocycles. The standard InChI is InChI=1S/C47H31N5/c1-4-12-32(13-5-1)40-27-45(50-46(28-40)44-26-37-18-10-11-19-38(37)30-49-44)41-25-24-39(31-48-41)33-20-22-35(23-21-33)43-29-42(34-14-6-2-7-15-34)51-47(52-43)36-16-8-3-9-17-36/h1-31H. The lowest BCUT2D eigenvalue weighted by atomic mass is 10.0. The smallest absolute Gasteiger partial charge is 0.160 e. The van der Waals surface area contributed by atoms with E-state index in [0.717, 1.165) is 83.9 Å². The Bertz CT molecular complexity index is 2580. The van der Waals surface area contributed by atoms with Crippen LogP contribution in [-0.4, -0.2) is 24.9 Å². The van der Waals surface area contributed by atoms with Gasteiger partial charge in [-0.3, -0.25) is 9.97 Å². The van der Waals surface area contributed by atoms with Crippen molar-refractivity contribution in [1.82, 2.24) is 24.9 Å². The summed E-state index contributed by atoms with van der Waals surface area (Å²) in [5.74, 6) is 0.699. The number of benzene rings is 5. The monoisotopic (exact) mass is 665 g/mol. The van der Waals surface area contributed by atoms with Gasteiger partial charge in [-0.25, -0.2) is 15.0 Å². The van der Waals surface area contributed by atoms with Crippen LogP contribution in [0.5, 0.6) is 0 Å². The molecular weight excluding hydrogens is 635 g/mol. The Labute approximate surface area is 302 Å². The molecule has 0 spiro atoms. The maximum Gasteiger partial charge on any atom is 0.160 e. The van der Waals surface area contributed by atoms with E-state index in [2.05, 4.69) is 103 Å². The first-order chi connectivity index (χ1) is 25.7. The van der Waals surface area contributed by atoms with Gasteiger partial charge in [0.15, 0.2) is 5.82 Å². The molecule has 0 saturated carbocycles. The van der Waals surface area contributed by atoms with E-state index in [-0.39, 0.29) is 0 Å². The number of rotatable bonds is 7. The van der Waals surface area contributed by atoms with Gasteiger partial charge in [-0.1, -0.05) is 146 Å². The van der Waals surface area contributed by atoms with Crippen LogP contribution in [0.1, 0.15) is 0 Å². The van der Waals surface area contributed by atoms with Crippen LogP contribution in [0.3, 0.4) is 0 Å². The summed E-state index contributed by atoms with van der Waals surface area (Å²) in [6.45, 7) is 0. The highest BCUT2D eigenvalue weighted by Gasteiger charge is 2.13. The molecule has 4 aromatic heterocycles. The zero-order chi connectivity index (χ0) is 34.7. The summed E-state index contributed by atoms with van der Waals surface area (Å²) < 4.78 is 0. The summed E-state index contributed by atoms with van der Waals surface area (Å²) in [5, 5.41) is 2.23. The molecule has 0 aliphatic rings. The minimum absolute atomic E-state index is 0.699. The first kappa shape index (κ1) is 30.9. The molecule has 5 nitrogen and oxygen atoms in total. The molecule has 0 radical (unpaired) electrons. The van der Waals surface area contributed by atoms with Gasteiger partial charge in [0, 0.05) is 40.0 Å². The third-order valence-electron chi connectivity index (χ3n) is 9.19. The van der Waals surface area contributed by atoms with Crippen LogP contribution >= 0.6 is 0 Å². The highest BCUT2D eigenvalue weighted by atomic mass is 14.9. The number of pyridine rings is 3. The summed E-state index contributed by atoms with van der Waals surface area (Å²) in [6, 6.07) is 60.0. The lowest BCUT2D eigenvalue weighted by molar-refractivity contribution is 1.18. The first-order valence-corrected chi connectivity index (χ1v) is 17.2. The third kappa shape index (κ3) is 6.35. The van der Waals surface area contributed by atoms with Crippen molar-refractivity contribution >= 4 is 10.8 Å². The Morgan fingerprint density at radius 3 is 1.40 bits per heavy atom. The molecule has 0 unspecified atom stereocenters. The average Bonchev–Trinajstić information content (AvgIpc) is 3.24. The molecule has 0 aliphatic carbocycles. The summed E-state index contributed by atoms with van der Waals surface area (Å²) in [6.07, 6.45) is 3.83. The second-order valence-electron chi connectivity index (χ2n) is 12.6. The van der Waals surface area contributed by atoms with Crippen LogP contribution in [0.15, 0.2) is 188 Å². The highest BCUT2D eigenvalue weighted by Crippen LogP contribution is 2.32. The topological polar surface area (TPSA) is 64.5 Å². The van der Waals surface area contributed by atoms with Crippen molar-refractivity contribution < 1.29 is 0 Å². The van der Waals surface area contributed by atoms with Crippen LogP contribution in [0.2, 0.25) is 0 Å². The average molecular weight is 666 g/mol. The van der Waals surface area contributed by atoms with Crippen molar-refractivity contribution in [3.63, 3.8) is 0 Å². The van der Waals surface area contributed by atoms with Crippen LogP contribution in [0.25, 0.3) is 89.7 Å². The van der Waals surface area contributed by atoms with Crippen molar-refractivity contribution in [1.29, 1.82) is 0 Å². The van der Waals surface area contributed by atoms with Gasteiger partial charge in [-0.05, 0) is 52.4 Å². The molecule has 0 atom stereocenters. The quantitative estimate of drug-likeness (QED) is 0.169. The molecule has 0 amide bonds. The molecule has 5 heteroatoms. The van der Waals surface area contributed by atoms with E-state index in [1.807, 2.05) is 85.2 Å². The van der Waals surface area contributed by atoms with Gasteiger partial charge >= 0.3 is 0 Å². The van der Waals surface area contributed by atoms with E-state index < -0.39 is 0 Å². The Kier molecular flexibility index (Phi) is 8.12. The number of aromatic nitrogens is 5. The van der Waals surface area contributed by atoms with E-state index >= 15 is 0 Å². The SMILES string of the molecule is c1ccc(-c2cc(-c3ccc(-c4ccc(-c5cc(-c6ccccc6)nc(-c6ccccc6)n5)cc4)cn3)nc(-c3cc4ccccc4cn3)c2)cc1. The van der Waals surface area contributed by atoms with Gasteiger partial charge in [-0.15, -0.1) is 0 Å². The summed E-state index contributed by atoms with van der Waals surface area (Å²) >= 11 is 0. The second kappa shape index (κ2) is 13.7. The zero-order valence-electron chi connectivity index (χ0n) is 28.1. The van der Waals surface area contributed by atoms with Crippen molar-refractivity contribution in [3.05, 3.63) is 188 Å². The molecule has 0 aliphatic heterocycles. The van der Waals surface area contributed by atoms with Crippen molar-refractivity contribution in [3.8, 4) is 78.9 Å². The normalized spacial score (nSPS) is 11.1. The number of fused-ring (bicyclic) bond motifs is 1. The van der Waals surface area contributed by atoms with Crippen LogP contribution < -0.4 is 0 Å². The van der Waals surface area contributed by atoms with E-state index in [4.69, 9.17) is 24.9 Å². The third-order valence-corrected chi connectivity index (χ3v) is 9.19. The maximum atomic E-state index is 5.07. The fourth-order valence-electron chi connectivity index (χ4n) is 6.43. The van der Waals surface area contributed by atoms with Crippen LogP contribution in [-0.2, 0) is 0 Å². The zero-order valence-corrected chi connectivity index (χ0v) is 28.1. The van der Waals surface area contributed by atoms with E-state index in [9.17, 15) is 0 Å². The molecule has 244 valence electrons. The molecule has 0 bridgehead atoms. The first-order valence-electron chi connectivity index (χ1n) is 17.2. The Morgan fingerprint density at radius 1 is 0.250 bits per heavy atom. The Balaban J connectivity index is 1.04. The van der Waals surface area contributed by atoms with E-state index in [1.165, 1.54) is 0 Å². The molecule has 0 N–H and O–H groups in total. The number of hydrogen-bond acceptors (Lipinski definition) is 5. The predicted octanol–water partition coefficient (Wildman–Crippen LogP) is 11.5. The van der Waals surface area contributed by atoms with Crippen molar-refractivity contribution in [2.45, 2.75) is 0 Å². The van der Waals surface area contributed by atoms with Gasteiger partial charge in [0.05, 0.1) is 34.2 Å². The Hall–Kier alpha value is -7.11. The minimum Gasteiger partial charge on any atom is -0.254 e. The van der Waals surface area contributed by atoms with Gasteiger partial charge in [-0.2, -0.15) is 0 Å². The lowest BCUT2D eigenvalue weighted by Gasteiger charge is -2.11. The summed E-state index contributed by atoms with van der Waals surface area (Å²) in [4.78, 5) is 24.7.